The Balaban J connectivity index is 1.91. The average molecular weight is 417 g/mol. The highest BCUT2D eigenvalue weighted by Crippen LogP contribution is 2.29. The Kier molecular flexibility index (Phi) is 5.38. The molecule has 2 amide bonds. The fourth-order valence-electron chi connectivity index (χ4n) is 3.10. The third-order valence-electron chi connectivity index (χ3n) is 4.73. The number of nitrogens with one attached hydrogen (secondary N) is 1. The molecule has 0 radical (unpaired) electrons. The minimum absolute atomic E-state index is 0.0315. The van der Waals surface area contributed by atoms with Crippen molar-refractivity contribution in [2.75, 3.05) is 5.32 Å². The van der Waals surface area contributed by atoms with E-state index in [0.717, 1.165) is 5.56 Å². The molecule has 1 aliphatic rings. The van der Waals surface area contributed by atoms with Crippen LogP contribution in [0.5, 0.6) is 0 Å². The summed E-state index contributed by atoms with van der Waals surface area (Å²) in [7, 11) is -4.21. The van der Waals surface area contributed by atoms with Crippen LogP contribution in [0.2, 0.25) is 0 Å². The lowest BCUT2D eigenvalue weighted by atomic mass is 10.1. The summed E-state index contributed by atoms with van der Waals surface area (Å²) in [6, 6.07) is 8.73. The van der Waals surface area contributed by atoms with Gasteiger partial charge >= 0.3 is 0 Å². The van der Waals surface area contributed by atoms with Gasteiger partial charge in [-0.15, -0.1) is 0 Å². The summed E-state index contributed by atoms with van der Waals surface area (Å²) in [6.45, 7) is 3.45. The number of sulfonamides is 1. The van der Waals surface area contributed by atoms with E-state index < -0.39 is 32.8 Å². The zero-order valence-electron chi connectivity index (χ0n) is 15.8. The molecule has 1 saturated heterocycles. The number of rotatable bonds is 5. The molecule has 0 aliphatic carbocycles. The number of amides is 2. The van der Waals surface area contributed by atoms with Gasteiger partial charge in [0.2, 0.25) is 11.8 Å². The number of non-ortho nitro benzene ring substituents is 1. The first-order chi connectivity index (χ1) is 13.6. The van der Waals surface area contributed by atoms with Gasteiger partial charge in [0, 0.05) is 18.6 Å². The van der Waals surface area contributed by atoms with Crippen molar-refractivity contribution in [2.45, 2.75) is 37.6 Å². The first-order valence-corrected chi connectivity index (χ1v) is 10.2. The largest absolute Gasteiger partial charge is 0.324 e. The van der Waals surface area contributed by atoms with Crippen LogP contribution in [0.1, 0.15) is 24.0 Å². The van der Waals surface area contributed by atoms with Gasteiger partial charge in [0.1, 0.15) is 6.04 Å². The Labute approximate surface area is 167 Å². The molecule has 0 saturated carbocycles. The summed E-state index contributed by atoms with van der Waals surface area (Å²) < 4.78 is 26.6. The molecule has 1 atom stereocenters. The van der Waals surface area contributed by atoms with Gasteiger partial charge in [-0.25, -0.2) is 12.7 Å². The Morgan fingerprint density at radius 1 is 1.17 bits per heavy atom. The number of hydrogen-bond acceptors (Lipinski definition) is 6. The van der Waals surface area contributed by atoms with E-state index in [0.29, 0.717) is 9.87 Å². The predicted molar refractivity (Wildman–Crippen MR) is 105 cm³/mol. The maximum absolute atomic E-state index is 13.0. The number of aryl methyl sites for hydroxylation is 2. The lowest BCUT2D eigenvalue weighted by Crippen LogP contribution is -2.45. The summed E-state index contributed by atoms with van der Waals surface area (Å²) in [5.74, 6) is -1.38. The molecule has 3 rings (SSSR count). The summed E-state index contributed by atoms with van der Waals surface area (Å²) >= 11 is 0. The molecule has 2 aromatic rings. The molecule has 1 heterocycles. The van der Waals surface area contributed by atoms with Crippen LogP contribution in [0.15, 0.2) is 47.4 Å². The third kappa shape index (κ3) is 3.97. The highest BCUT2D eigenvalue weighted by atomic mass is 32.2. The zero-order valence-corrected chi connectivity index (χ0v) is 16.6. The van der Waals surface area contributed by atoms with Crippen LogP contribution in [-0.4, -0.2) is 35.5 Å². The van der Waals surface area contributed by atoms with Crippen molar-refractivity contribution in [3.05, 3.63) is 63.7 Å². The van der Waals surface area contributed by atoms with E-state index in [9.17, 15) is 28.1 Å². The second-order valence-electron chi connectivity index (χ2n) is 6.81. The van der Waals surface area contributed by atoms with Crippen molar-refractivity contribution >= 4 is 33.2 Å². The number of nitro benzene ring substituents is 1. The van der Waals surface area contributed by atoms with E-state index in [1.807, 2.05) is 0 Å². The van der Waals surface area contributed by atoms with Crippen LogP contribution >= 0.6 is 0 Å². The fraction of sp³-hybridized carbons (Fsp3) is 0.263. The molecule has 2 aromatic carbocycles. The topological polar surface area (TPSA) is 127 Å². The lowest BCUT2D eigenvalue weighted by molar-refractivity contribution is -0.384. The summed E-state index contributed by atoms with van der Waals surface area (Å²) in [5, 5.41) is 13.5. The average Bonchev–Trinajstić information content (AvgIpc) is 3.06. The molecule has 0 unspecified atom stereocenters. The molecule has 1 aliphatic heterocycles. The minimum atomic E-state index is -4.21. The molecule has 0 aromatic heterocycles. The van der Waals surface area contributed by atoms with Crippen molar-refractivity contribution in [3.8, 4) is 0 Å². The summed E-state index contributed by atoms with van der Waals surface area (Å²) in [4.78, 5) is 35.4. The molecule has 1 fully saturated rings. The molecular weight excluding hydrogens is 398 g/mol. The van der Waals surface area contributed by atoms with E-state index in [1.54, 1.807) is 26.0 Å². The SMILES string of the molecule is Cc1ccc(S(=O)(=O)N2C(=O)CC[C@@H]2C(=O)Nc2cc([N+](=O)[O-])ccc2C)cc1. The van der Waals surface area contributed by atoms with Crippen LogP contribution in [0.25, 0.3) is 0 Å². The Morgan fingerprint density at radius 3 is 2.45 bits per heavy atom. The van der Waals surface area contributed by atoms with Crippen molar-refractivity contribution in [1.82, 2.24) is 4.31 Å². The number of anilines is 1. The highest BCUT2D eigenvalue weighted by Gasteiger charge is 2.44. The van der Waals surface area contributed by atoms with Crippen LogP contribution in [-0.2, 0) is 19.6 Å². The number of carbonyl (C=O) groups is 2. The molecule has 0 spiro atoms. The molecule has 29 heavy (non-hydrogen) atoms. The lowest BCUT2D eigenvalue weighted by Gasteiger charge is -2.24. The summed E-state index contributed by atoms with van der Waals surface area (Å²) in [5.41, 5.74) is 1.40. The van der Waals surface area contributed by atoms with E-state index in [1.165, 1.54) is 30.3 Å². The second-order valence-corrected chi connectivity index (χ2v) is 8.62. The number of nitrogens with zero attached hydrogens (tertiary/aromatic N) is 2. The monoisotopic (exact) mass is 417 g/mol. The van der Waals surface area contributed by atoms with Crippen LogP contribution in [0.4, 0.5) is 11.4 Å². The Bertz CT molecular complexity index is 1100. The van der Waals surface area contributed by atoms with E-state index in [2.05, 4.69) is 5.32 Å². The van der Waals surface area contributed by atoms with Gasteiger partial charge < -0.3 is 5.32 Å². The maximum Gasteiger partial charge on any atom is 0.271 e. The number of hydrogen-bond donors (Lipinski definition) is 1. The van der Waals surface area contributed by atoms with Gasteiger partial charge in [0.25, 0.3) is 15.7 Å². The Hall–Kier alpha value is -3.27. The van der Waals surface area contributed by atoms with Gasteiger partial charge in [-0.3, -0.25) is 19.7 Å². The van der Waals surface area contributed by atoms with Gasteiger partial charge in [0.05, 0.1) is 15.5 Å². The Morgan fingerprint density at radius 2 is 1.83 bits per heavy atom. The normalized spacial score (nSPS) is 16.7. The van der Waals surface area contributed by atoms with Crippen molar-refractivity contribution in [1.29, 1.82) is 0 Å². The van der Waals surface area contributed by atoms with Gasteiger partial charge in [0.15, 0.2) is 0 Å². The highest BCUT2D eigenvalue weighted by molar-refractivity contribution is 7.89. The molecule has 1 N–H and O–H groups in total. The molecule has 0 bridgehead atoms. The van der Waals surface area contributed by atoms with E-state index >= 15 is 0 Å². The van der Waals surface area contributed by atoms with Gasteiger partial charge in [-0.2, -0.15) is 0 Å². The number of benzene rings is 2. The molecule has 10 heteroatoms. The van der Waals surface area contributed by atoms with Crippen LogP contribution in [0.3, 0.4) is 0 Å². The fourth-order valence-corrected chi connectivity index (χ4v) is 4.70. The van der Waals surface area contributed by atoms with Crippen LogP contribution in [0, 0.1) is 24.0 Å². The standard InChI is InChI=1S/C19H19N3O6S/c1-12-3-7-15(8-4-12)29(27,28)21-17(9-10-18(21)23)19(24)20-16-11-14(22(25)26)6-5-13(16)2/h3-8,11,17H,9-10H2,1-2H3,(H,20,24)/t17-/m1/s1. The van der Waals surface area contributed by atoms with E-state index in [4.69, 9.17) is 0 Å². The quantitative estimate of drug-likeness (QED) is 0.588. The smallest absolute Gasteiger partial charge is 0.271 e. The second kappa shape index (κ2) is 7.63. The van der Waals surface area contributed by atoms with Gasteiger partial charge in [-0.05, 0) is 38.0 Å². The summed E-state index contributed by atoms with van der Waals surface area (Å²) in [6.07, 6.45) is -0.0547. The van der Waals surface area contributed by atoms with Gasteiger partial charge in [-0.1, -0.05) is 23.8 Å². The first-order valence-electron chi connectivity index (χ1n) is 8.81. The third-order valence-corrected chi connectivity index (χ3v) is 6.57. The minimum Gasteiger partial charge on any atom is -0.324 e. The number of nitro groups is 1. The zero-order chi connectivity index (χ0) is 21.3. The van der Waals surface area contributed by atoms with Crippen LogP contribution < -0.4 is 5.32 Å². The van der Waals surface area contributed by atoms with Crippen molar-refractivity contribution in [2.24, 2.45) is 0 Å². The van der Waals surface area contributed by atoms with E-state index in [-0.39, 0.29) is 29.1 Å². The maximum atomic E-state index is 13.0. The van der Waals surface area contributed by atoms with Crippen molar-refractivity contribution < 1.29 is 22.9 Å². The molecule has 9 nitrogen and oxygen atoms in total. The van der Waals surface area contributed by atoms with Crippen molar-refractivity contribution in [3.63, 3.8) is 0 Å². The number of carbonyl (C=O) groups excluding carboxylic acids is 2. The first kappa shape index (κ1) is 20.5. The molecule has 152 valence electrons. The predicted octanol–water partition coefficient (Wildman–Crippen LogP) is 2.53. The molecular formula is C19H19N3O6S.